The molecule has 0 saturated carbocycles. The van der Waals surface area contributed by atoms with Crippen LogP contribution < -0.4 is 0 Å². The van der Waals surface area contributed by atoms with Crippen molar-refractivity contribution in [2.45, 2.75) is 24.9 Å². The largest absolute Gasteiger partial charge is 0.351 e. The Hall–Kier alpha value is -2.09. The van der Waals surface area contributed by atoms with Crippen molar-refractivity contribution < 1.29 is 0 Å². The summed E-state index contributed by atoms with van der Waals surface area (Å²) in [4.78, 5) is 7.53. The second kappa shape index (κ2) is 4.78. The molecule has 0 bridgehead atoms. The van der Waals surface area contributed by atoms with E-state index in [0.29, 0.717) is 6.04 Å². The third-order valence-corrected chi connectivity index (χ3v) is 4.34. The molecule has 2 aliphatic heterocycles. The summed E-state index contributed by atoms with van der Waals surface area (Å²) < 4.78 is 0. The van der Waals surface area contributed by atoms with E-state index < -0.39 is 0 Å². The summed E-state index contributed by atoms with van der Waals surface area (Å²) in [5.41, 5.74) is 2.70. The number of rotatable bonds is 2. The first kappa shape index (κ1) is 11.7. The molecule has 2 heterocycles. The molecule has 2 aliphatic rings. The summed E-state index contributed by atoms with van der Waals surface area (Å²) in [6.45, 7) is 1.14. The van der Waals surface area contributed by atoms with Crippen molar-refractivity contribution in [3.05, 3.63) is 71.8 Å². The first-order chi connectivity index (χ1) is 9.93. The summed E-state index contributed by atoms with van der Waals surface area (Å²) in [5, 5.41) is 0. The van der Waals surface area contributed by atoms with Crippen molar-refractivity contribution in [1.29, 1.82) is 0 Å². The van der Waals surface area contributed by atoms with Gasteiger partial charge in [-0.3, -0.25) is 4.99 Å². The van der Waals surface area contributed by atoms with Gasteiger partial charge in [0.25, 0.3) is 0 Å². The zero-order chi connectivity index (χ0) is 13.4. The number of hydrogen-bond acceptors (Lipinski definition) is 2. The maximum absolute atomic E-state index is 5.02. The van der Waals surface area contributed by atoms with Gasteiger partial charge in [-0.25, -0.2) is 0 Å². The Morgan fingerprint density at radius 3 is 2.20 bits per heavy atom. The second-order valence-corrected chi connectivity index (χ2v) is 5.55. The van der Waals surface area contributed by atoms with E-state index in [1.807, 2.05) is 0 Å². The fourth-order valence-corrected chi connectivity index (χ4v) is 3.44. The Labute approximate surface area is 119 Å². The predicted molar refractivity (Wildman–Crippen MR) is 81.7 cm³/mol. The zero-order valence-corrected chi connectivity index (χ0v) is 11.4. The van der Waals surface area contributed by atoms with Gasteiger partial charge in [-0.15, -0.1) is 0 Å². The molecular weight excluding hydrogens is 244 g/mol. The van der Waals surface area contributed by atoms with Crippen LogP contribution in [0.4, 0.5) is 0 Å². The van der Waals surface area contributed by atoms with Gasteiger partial charge >= 0.3 is 0 Å². The summed E-state index contributed by atoms with van der Waals surface area (Å²) >= 11 is 0. The highest BCUT2D eigenvalue weighted by atomic mass is 15.3. The highest BCUT2D eigenvalue weighted by Gasteiger charge is 2.39. The lowest BCUT2D eigenvalue weighted by Gasteiger charge is -2.27. The first-order valence-corrected chi connectivity index (χ1v) is 7.37. The molecule has 0 aliphatic carbocycles. The summed E-state index contributed by atoms with van der Waals surface area (Å²) in [5.74, 6) is 1.30. The molecule has 0 radical (unpaired) electrons. The minimum Gasteiger partial charge on any atom is -0.351 e. The van der Waals surface area contributed by atoms with Gasteiger partial charge in [0.05, 0.1) is 6.04 Å². The molecule has 0 amide bonds. The number of aliphatic imine (C=N–C) groups is 1. The van der Waals surface area contributed by atoms with Crippen LogP contribution in [-0.2, 0) is 0 Å². The van der Waals surface area contributed by atoms with Gasteiger partial charge in [-0.1, -0.05) is 60.7 Å². The Kier molecular flexibility index (Phi) is 2.80. The van der Waals surface area contributed by atoms with Crippen LogP contribution in [0.2, 0.25) is 0 Å². The Morgan fingerprint density at radius 2 is 1.50 bits per heavy atom. The molecule has 20 heavy (non-hydrogen) atoms. The maximum Gasteiger partial charge on any atom is 0.101 e. The molecule has 2 aromatic carbocycles. The SMILES string of the molecule is c1ccc([C@@H]2N=C3CCCN3[C@H]2c2ccccc2)cc1. The fourth-order valence-electron chi connectivity index (χ4n) is 3.44. The zero-order valence-electron chi connectivity index (χ0n) is 11.4. The third-order valence-electron chi connectivity index (χ3n) is 4.34. The molecule has 2 heteroatoms. The minimum absolute atomic E-state index is 0.244. The smallest absolute Gasteiger partial charge is 0.101 e. The highest BCUT2D eigenvalue weighted by molar-refractivity contribution is 5.86. The van der Waals surface area contributed by atoms with Gasteiger partial charge in [0.15, 0.2) is 0 Å². The van der Waals surface area contributed by atoms with Crippen LogP contribution in [-0.4, -0.2) is 17.3 Å². The van der Waals surface area contributed by atoms with Gasteiger partial charge in [-0.2, -0.15) is 0 Å². The topological polar surface area (TPSA) is 15.6 Å². The fraction of sp³-hybridized carbons (Fsp3) is 0.278. The molecule has 2 atom stereocenters. The van der Waals surface area contributed by atoms with E-state index in [4.69, 9.17) is 4.99 Å². The van der Waals surface area contributed by atoms with Crippen LogP contribution >= 0.6 is 0 Å². The number of fused-ring (bicyclic) bond motifs is 1. The normalized spacial score (nSPS) is 24.6. The van der Waals surface area contributed by atoms with Gasteiger partial charge in [-0.05, 0) is 17.5 Å². The Bertz CT molecular complexity index is 618. The molecule has 0 unspecified atom stereocenters. The lowest BCUT2D eigenvalue weighted by Crippen LogP contribution is -2.26. The van der Waals surface area contributed by atoms with Crippen molar-refractivity contribution in [2.24, 2.45) is 4.99 Å². The number of hydrogen-bond donors (Lipinski definition) is 0. The first-order valence-electron chi connectivity index (χ1n) is 7.37. The van der Waals surface area contributed by atoms with Crippen LogP contribution in [0.5, 0.6) is 0 Å². The van der Waals surface area contributed by atoms with E-state index in [9.17, 15) is 0 Å². The van der Waals surface area contributed by atoms with Crippen molar-refractivity contribution in [1.82, 2.24) is 4.90 Å². The van der Waals surface area contributed by atoms with E-state index in [1.54, 1.807) is 0 Å². The van der Waals surface area contributed by atoms with Crippen molar-refractivity contribution in [3.8, 4) is 0 Å². The van der Waals surface area contributed by atoms with Crippen LogP contribution in [0.25, 0.3) is 0 Å². The summed E-state index contributed by atoms with van der Waals surface area (Å²) in [6.07, 6.45) is 2.37. The lowest BCUT2D eigenvalue weighted by atomic mass is 9.94. The van der Waals surface area contributed by atoms with E-state index in [-0.39, 0.29) is 6.04 Å². The standard InChI is InChI=1S/C18H18N2/c1-3-8-14(9-4-1)17-18(15-10-5-2-6-11-15)20-13-7-12-16(20)19-17/h1-6,8-11,17-18H,7,12-13H2/t17-,18-/m0/s1. The lowest BCUT2D eigenvalue weighted by molar-refractivity contribution is 0.329. The van der Waals surface area contributed by atoms with E-state index in [2.05, 4.69) is 65.6 Å². The molecule has 100 valence electrons. The van der Waals surface area contributed by atoms with E-state index in [1.165, 1.54) is 23.4 Å². The van der Waals surface area contributed by atoms with Crippen LogP contribution in [0.1, 0.15) is 36.1 Å². The maximum atomic E-state index is 5.02. The second-order valence-electron chi connectivity index (χ2n) is 5.55. The van der Waals surface area contributed by atoms with E-state index in [0.717, 1.165) is 13.0 Å². The van der Waals surface area contributed by atoms with Crippen molar-refractivity contribution in [2.75, 3.05) is 6.54 Å². The third kappa shape index (κ3) is 1.83. The molecule has 1 fully saturated rings. The minimum atomic E-state index is 0.244. The Balaban J connectivity index is 1.78. The molecule has 4 rings (SSSR count). The Morgan fingerprint density at radius 1 is 0.850 bits per heavy atom. The molecule has 1 saturated heterocycles. The number of amidine groups is 1. The summed E-state index contributed by atoms with van der Waals surface area (Å²) in [7, 11) is 0. The average Bonchev–Trinajstić information content (AvgIpc) is 3.09. The molecular formula is C18H18N2. The molecule has 0 spiro atoms. The van der Waals surface area contributed by atoms with Crippen LogP contribution in [0.3, 0.4) is 0 Å². The molecule has 0 aromatic heterocycles. The van der Waals surface area contributed by atoms with Crippen LogP contribution in [0, 0.1) is 0 Å². The van der Waals surface area contributed by atoms with Crippen molar-refractivity contribution in [3.63, 3.8) is 0 Å². The summed E-state index contributed by atoms with van der Waals surface area (Å²) in [6, 6.07) is 22.1. The van der Waals surface area contributed by atoms with E-state index >= 15 is 0 Å². The van der Waals surface area contributed by atoms with Gasteiger partial charge in [0, 0.05) is 13.0 Å². The molecule has 2 nitrogen and oxygen atoms in total. The molecule has 2 aromatic rings. The predicted octanol–water partition coefficient (Wildman–Crippen LogP) is 3.98. The van der Waals surface area contributed by atoms with Gasteiger partial charge < -0.3 is 4.90 Å². The average molecular weight is 262 g/mol. The highest BCUT2D eigenvalue weighted by Crippen LogP contribution is 2.44. The molecule has 0 N–H and O–H groups in total. The van der Waals surface area contributed by atoms with Gasteiger partial charge in [0.1, 0.15) is 11.9 Å². The van der Waals surface area contributed by atoms with Crippen molar-refractivity contribution >= 4 is 5.84 Å². The van der Waals surface area contributed by atoms with Crippen LogP contribution in [0.15, 0.2) is 65.7 Å². The number of nitrogens with zero attached hydrogens (tertiary/aromatic N) is 2. The van der Waals surface area contributed by atoms with Gasteiger partial charge in [0.2, 0.25) is 0 Å². The number of benzene rings is 2. The quantitative estimate of drug-likeness (QED) is 0.799. The monoisotopic (exact) mass is 262 g/mol.